The Morgan fingerprint density at radius 2 is 2.00 bits per heavy atom. The van der Waals surface area contributed by atoms with Gasteiger partial charge in [-0.25, -0.2) is 5.01 Å². The fraction of sp³-hybridized carbons (Fsp3) is 0.467. The lowest BCUT2D eigenvalue weighted by atomic mass is 10.1. The lowest BCUT2D eigenvalue weighted by Gasteiger charge is -2.26. The molecule has 0 atom stereocenters. The van der Waals surface area contributed by atoms with E-state index in [-0.39, 0.29) is 0 Å². The van der Waals surface area contributed by atoms with Crippen molar-refractivity contribution in [1.29, 1.82) is 0 Å². The topological polar surface area (TPSA) is 15.3 Å². The van der Waals surface area contributed by atoms with E-state index in [9.17, 15) is 0 Å². The second-order valence-electron chi connectivity index (χ2n) is 4.65. The number of hydrogen-bond acceptors (Lipinski definition) is 2. The summed E-state index contributed by atoms with van der Waals surface area (Å²) in [5, 5.41) is 2.35. The van der Waals surface area contributed by atoms with E-state index in [1.54, 1.807) is 0 Å². The first-order valence-corrected chi connectivity index (χ1v) is 6.59. The van der Waals surface area contributed by atoms with Gasteiger partial charge in [0.1, 0.15) is 0 Å². The second-order valence-corrected chi connectivity index (χ2v) is 4.65. The number of nitrogens with zero attached hydrogens (tertiary/aromatic N) is 1. The van der Waals surface area contributed by atoms with Crippen molar-refractivity contribution in [1.82, 2.24) is 10.4 Å². The van der Waals surface area contributed by atoms with E-state index >= 15 is 0 Å². The van der Waals surface area contributed by atoms with Gasteiger partial charge in [0.2, 0.25) is 0 Å². The van der Waals surface area contributed by atoms with E-state index in [4.69, 9.17) is 0 Å². The minimum absolute atomic E-state index is 0.974. The largest absolute Gasteiger partial charge is 0.255 e. The van der Waals surface area contributed by atoms with Gasteiger partial charge in [0.15, 0.2) is 0 Å². The molecule has 2 nitrogen and oxygen atoms in total. The Kier molecular flexibility index (Phi) is 4.77. The van der Waals surface area contributed by atoms with Gasteiger partial charge in [-0.3, -0.25) is 5.43 Å². The summed E-state index contributed by atoms with van der Waals surface area (Å²) in [7, 11) is 0. The molecule has 1 fully saturated rings. The normalized spacial score (nSPS) is 18.4. The summed E-state index contributed by atoms with van der Waals surface area (Å²) in [6.07, 6.45) is 7.26. The van der Waals surface area contributed by atoms with Crippen molar-refractivity contribution in [3.8, 4) is 0 Å². The number of nitrogens with one attached hydrogen (secondary N) is 1. The van der Waals surface area contributed by atoms with E-state index in [1.165, 1.54) is 36.8 Å². The van der Waals surface area contributed by atoms with Crippen LogP contribution in [-0.2, 0) is 6.54 Å². The standard InChI is InChI=1S/C15H22N2/c1-2-14-9-5-6-10-15(14)13-17-12-8-4-3-7-11-16-17/h2,5-6,9-10,16H,1,3-4,7-8,11-13H2. The predicted octanol–water partition coefficient (Wildman–Crippen LogP) is 3.21. The minimum Gasteiger partial charge on any atom is -0.255 e. The van der Waals surface area contributed by atoms with Crippen LogP contribution in [0.3, 0.4) is 0 Å². The SMILES string of the molecule is C=Cc1ccccc1CN1CCCCCCN1. The quantitative estimate of drug-likeness (QED) is 0.857. The molecule has 0 aromatic heterocycles. The van der Waals surface area contributed by atoms with Crippen LogP contribution in [0.5, 0.6) is 0 Å². The summed E-state index contributed by atoms with van der Waals surface area (Å²) in [4.78, 5) is 0. The molecule has 0 unspecified atom stereocenters. The number of benzene rings is 1. The molecule has 1 N–H and O–H groups in total. The maximum absolute atomic E-state index is 3.88. The molecule has 2 heteroatoms. The van der Waals surface area contributed by atoms with Gasteiger partial charge in [-0.2, -0.15) is 0 Å². The molecule has 1 aromatic carbocycles. The third-order valence-electron chi connectivity index (χ3n) is 3.33. The predicted molar refractivity (Wildman–Crippen MR) is 73.4 cm³/mol. The van der Waals surface area contributed by atoms with E-state index in [0.29, 0.717) is 0 Å². The van der Waals surface area contributed by atoms with Crippen LogP contribution in [0, 0.1) is 0 Å². The second kappa shape index (κ2) is 6.58. The molecule has 1 heterocycles. The van der Waals surface area contributed by atoms with Gasteiger partial charge in [0, 0.05) is 19.6 Å². The Morgan fingerprint density at radius 3 is 2.88 bits per heavy atom. The zero-order valence-corrected chi connectivity index (χ0v) is 10.5. The molecule has 1 aliphatic heterocycles. The molecule has 0 radical (unpaired) electrons. The van der Waals surface area contributed by atoms with Gasteiger partial charge < -0.3 is 0 Å². The van der Waals surface area contributed by atoms with Gasteiger partial charge in [-0.05, 0) is 24.0 Å². The zero-order valence-electron chi connectivity index (χ0n) is 10.5. The average molecular weight is 230 g/mol. The third kappa shape index (κ3) is 3.69. The fourth-order valence-electron chi connectivity index (χ4n) is 2.32. The van der Waals surface area contributed by atoms with Crippen LogP contribution in [-0.4, -0.2) is 18.1 Å². The summed E-state index contributed by atoms with van der Waals surface area (Å²) >= 11 is 0. The molecule has 0 saturated carbocycles. The maximum atomic E-state index is 3.88. The number of rotatable bonds is 3. The first-order chi connectivity index (χ1) is 8.40. The van der Waals surface area contributed by atoms with Gasteiger partial charge in [0.25, 0.3) is 0 Å². The van der Waals surface area contributed by atoms with Crippen molar-refractivity contribution in [2.75, 3.05) is 13.1 Å². The van der Waals surface area contributed by atoms with Crippen molar-refractivity contribution in [2.45, 2.75) is 32.2 Å². The molecule has 0 amide bonds. The third-order valence-corrected chi connectivity index (χ3v) is 3.33. The molecule has 2 rings (SSSR count). The summed E-state index contributed by atoms with van der Waals surface area (Å²) in [5.41, 5.74) is 6.12. The van der Waals surface area contributed by atoms with E-state index in [0.717, 1.165) is 19.6 Å². The first-order valence-electron chi connectivity index (χ1n) is 6.59. The smallest absolute Gasteiger partial charge is 0.0387 e. The highest BCUT2D eigenvalue weighted by Crippen LogP contribution is 2.13. The maximum Gasteiger partial charge on any atom is 0.0387 e. The van der Waals surface area contributed by atoms with Gasteiger partial charge in [0.05, 0.1) is 0 Å². The highest BCUT2D eigenvalue weighted by molar-refractivity contribution is 5.51. The molecule has 1 saturated heterocycles. The Hall–Kier alpha value is -1.12. The molecular formula is C15H22N2. The Balaban J connectivity index is 2.00. The van der Waals surface area contributed by atoms with E-state index < -0.39 is 0 Å². The molecule has 1 aliphatic rings. The summed E-state index contributed by atoms with van der Waals surface area (Å²) in [6, 6.07) is 8.50. The molecule has 0 spiro atoms. The van der Waals surface area contributed by atoms with Gasteiger partial charge >= 0.3 is 0 Å². The van der Waals surface area contributed by atoms with Gasteiger partial charge in [-0.1, -0.05) is 49.8 Å². The summed E-state index contributed by atoms with van der Waals surface area (Å²) in [5.74, 6) is 0. The van der Waals surface area contributed by atoms with Crippen LogP contribution < -0.4 is 5.43 Å². The molecular weight excluding hydrogens is 208 g/mol. The van der Waals surface area contributed by atoms with Crippen molar-refractivity contribution in [3.63, 3.8) is 0 Å². The Bertz CT molecular complexity index is 352. The molecule has 17 heavy (non-hydrogen) atoms. The van der Waals surface area contributed by atoms with Crippen LogP contribution in [0.25, 0.3) is 6.08 Å². The van der Waals surface area contributed by atoms with Crippen LogP contribution in [0.2, 0.25) is 0 Å². The van der Waals surface area contributed by atoms with Gasteiger partial charge in [-0.15, -0.1) is 0 Å². The number of hydrogen-bond donors (Lipinski definition) is 1. The molecule has 0 aliphatic carbocycles. The number of hydrazine groups is 1. The van der Waals surface area contributed by atoms with Crippen LogP contribution in [0.1, 0.15) is 36.8 Å². The monoisotopic (exact) mass is 230 g/mol. The van der Waals surface area contributed by atoms with Crippen molar-refractivity contribution < 1.29 is 0 Å². The van der Waals surface area contributed by atoms with E-state index in [1.807, 2.05) is 6.08 Å². The van der Waals surface area contributed by atoms with Crippen LogP contribution in [0.4, 0.5) is 0 Å². The lowest BCUT2D eigenvalue weighted by molar-refractivity contribution is 0.163. The van der Waals surface area contributed by atoms with E-state index in [2.05, 4.69) is 41.3 Å². The fourth-order valence-corrected chi connectivity index (χ4v) is 2.32. The molecule has 0 bridgehead atoms. The van der Waals surface area contributed by atoms with Crippen LogP contribution in [0.15, 0.2) is 30.8 Å². The first kappa shape index (κ1) is 12.3. The average Bonchev–Trinajstić information content (AvgIpc) is 2.33. The highest BCUT2D eigenvalue weighted by atomic mass is 15.5. The molecule has 92 valence electrons. The van der Waals surface area contributed by atoms with Crippen molar-refractivity contribution >= 4 is 6.08 Å². The van der Waals surface area contributed by atoms with Crippen LogP contribution >= 0.6 is 0 Å². The zero-order chi connectivity index (χ0) is 11.9. The molecule has 1 aromatic rings. The lowest BCUT2D eigenvalue weighted by Crippen LogP contribution is -2.39. The minimum atomic E-state index is 0.974. The Labute approximate surface area is 104 Å². The summed E-state index contributed by atoms with van der Waals surface area (Å²) in [6.45, 7) is 7.11. The Morgan fingerprint density at radius 1 is 1.18 bits per heavy atom. The van der Waals surface area contributed by atoms with Crippen molar-refractivity contribution in [2.24, 2.45) is 0 Å². The van der Waals surface area contributed by atoms with Crippen molar-refractivity contribution in [3.05, 3.63) is 42.0 Å². The summed E-state index contributed by atoms with van der Waals surface area (Å²) < 4.78 is 0. The highest BCUT2D eigenvalue weighted by Gasteiger charge is 2.09.